The van der Waals surface area contributed by atoms with Crippen LogP contribution in [0.3, 0.4) is 0 Å². The number of nitrogens with zero attached hydrogens (tertiary/aromatic N) is 1. The van der Waals surface area contributed by atoms with Crippen molar-refractivity contribution in [2.45, 2.75) is 31.7 Å². The zero-order valence-electron chi connectivity index (χ0n) is 7.15. The normalized spacial score (nSPS) is 22.3. The summed E-state index contributed by atoms with van der Waals surface area (Å²) in [5.41, 5.74) is 2.74. The van der Waals surface area contributed by atoms with Crippen LogP contribution < -0.4 is 16.6 Å². The van der Waals surface area contributed by atoms with E-state index >= 15 is 0 Å². The Morgan fingerprint density at radius 3 is 2.45 bits per heavy atom. The quantitative estimate of drug-likeness (QED) is 0.216. The van der Waals surface area contributed by atoms with Gasteiger partial charge < -0.3 is 5.32 Å². The summed E-state index contributed by atoms with van der Waals surface area (Å²) >= 11 is 0. The van der Waals surface area contributed by atoms with Crippen LogP contribution in [-0.4, -0.2) is 18.5 Å². The van der Waals surface area contributed by atoms with E-state index in [2.05, 4.69) is 22.7 Å². The van der Waals surface area contributed by atoms with Gasteiger partial charge in [-0.1, -0.05) is 0 Å². The minimum absolute atomic E-state index is 0.223. The van der Waals surface area contributed by atoms with Crippen molar-refractivity contribution in [2.24, 2.45) is 10.8 Å². The summed E-state index contributed by atoms with van der Waals surface area (Å²) < 4.78 is 0. The maximum Gasteiger partial charge on any atom is 0.205 e. The predicted molar refractivity (Wildman–Crippen MR) is 46.1 cm³/mol. The van der Waals surface area contributed by atoms with E-state index in [4.69, 9.17) is 5.84 Å². The van der Waals surface area contributed by atoms with Gasteiger partial charge in [-0.05, 0) is 26.2 Å². The van der Waals surface area contributed by atoms with Gasteiger partial charge in [-0.3, -0.25) is 10.4 Å². The topological polar surface area (TPSA) is 62.4 Å². The van der Waals surface area contributed by atoms with E-state index in [-0.39, 0.29) is 5.54 Å². The lowest BCUT2D eigenvalue weighted by molar-refractivity contribution is 0.242. The van der Waals surface area contributed by atoms with Gasteiger partial charge in [-0.25, -0.2) is 5.84 Å². The molecule has 0 atom stereocenters. The summed E-state index contributed by atoms with van der Waals surface area (Å²) in [4.78, 5) is 3.94. The highest BCUT2D eigenvalue weighted by Gasteiger charge is 2.32. The number of aliphatic imine (C=N–C) groups is 1. The third-order valence-corrected chi connectivity index (χ3v) is 2.24. The molecule has 0 spiro atoms. The monoisotopic (exact) mass is 156 g/mol. The van der Waals surface area contributed by atoms with E-state index in [1.54, 1.807) is 7.05 Å². The molecular formula is C7H16N4. The molecule has 0 aromatic carbocycles. The van der Waals surface area contributed by atoms with Crippen LogP contribution >= 0.6 is 0 Å². The van der Waals surface area contributed by atoms with Crippen LogP contribution in [0.25, 0.3) is 0 Å². The zero-order chi connectivity index (χ0) is 8.32. The molecule has 4 N–H and O–H groups in total. The molecule has 1 aliphatic carbocycles. The van der Waals surface area contributed by atoms with Gasteiger partial charge in [0.05, 0.1) is 0 Å². The van der Waals surface area contributed by atoms with Gasteiger partial charge in [0.25, 0.3) is 0 Å². The first-order chi connectivity index (χ1) is 5.20. The van der Waals surface area contributed by atoms with Crippen LogP contribution in [-0.2, 0) is 0 Å². The first-order valence-electron chi connectivity index (χ1n) is 3.92. The molecule has 0 aromatic heterocycles. The van der Waals surface area contributed by atoms with Gasteiger partial charge in [0.2, 0.25) is 5.96 Å². The largest absolute Gasteiger partial charge is 0.350 e. The minimum Gasteiger partial charge on any atom is -0.350 e. The van der Waals surface area contributed by atoms with Gasteiger partial charge in [0.15, 0.2) is 0 Å². The Bertz CT molecular complexity index is 160. The molecule has 1 rings (SSSR count). The van der Waals surface area contributed by atoms with Crippen LogP contribution in [0, 0.1) is 0 Å². The molecule has 0 heterocycles. The van der Waals surface area contributed by atoms with Crippen molar-refractivity contribution in [1.29, 1.82) is 0 Å². The summed E-state index contributed by atoms with van der Waals surface area (Å²) in [6.45, 7) is 2.18. The Labute approximate surface area is 67.2 Å². The summed E-state index contributed by atoms with van der Waals surface area (Å²) in [5.74, 6) is 5.90. The first kappa shape index (κ1) is 8.33. The first-order valence-corrected chi connectivity index (χ1v) is 3.92. The lowest BCUT2D eigenvalue weighted by Gasteiger charge is -2.39. The Morgan fingerprint density at radius 1 is 1.55 bits per heavy atom. The molecule has 0 unspecified atom stereocenters. The van der Waals surface area contributed by atoms with Gasteiger partial charge >= 0.3 is 0 Å². The molecule has 1 aliphatic rings. The van der Waals surface area contributed by atoms with E-state index in [0.717, 1.165) is 0 Å². The fraction of sp³-hybridized carbons (Fsp3) is 0.857. The molecule has 0 bridgehead atoms. The average Bonchev–Trinajstić information content (AvgIpc) is 1.97. The summed E-state index contributed by atoms with van der Waals surface area (Å²) in [5, 5.41) is 3.24. The van der Waals surface area contributed by atoms with Crippen molar-refractivity contribution < 1.29 is 0 Å². The predicted octanol–water partition coefficient (Wildman–Crippen LogP) is -0.0323. The second-order valence-corrected chi connectivity index (χ2v) is 3.26. The fourth-order valence-corrected chi connectivity index (χ4v) is 1.27. The number of hydrazine groups is 1. The Morgan fingerprint density at radius 2 is 2.18 bits per heavy atom. The van der Waals surface area contributed by atoms with Crippen molar-refractivity contribution in [3.8, 4) is 0 Å². The second-order valence-electron chi connectivity index (χ2n) is 3.26. The fourth-order valence-electron chi connectivity index (χ4n) is 1.27. The number of nitrogens with one attached hydrogen (secondary N) is 2. The summed E-state index contributed by atoms with van der Waals surface area (Å²) in [6.07, 6.45) is 3.70. The number of rotatable bonds is 1. The van der Waals surface area contributed by atoms with E-state index in [9.17, 15) is 0 Å². The van der Waals surface area contributed by atoms with Crippen molar-refractivity contribution >= 4 is 5.96 Å². The van der Waals surface area contributed by atoms with E-state index in [1.807, 2.05) is 0 Å². The van der Waals surface area contributed by atoms with Crippen molar-refractivity contribution in [1.82, 2.24) is 10.7 Å². The average molecular weight is 156 g/mol. The third-order valence-electron chi connectivity index (χ3n) is 2.24. The standard InChI is InChI=1S/C7H16N4/c1-7(4-3-5-7)10-6(9-2)11-8/h3-5,8H2,1-2H3,(H2,9,10,11). The smallest absolute Gasteiger partial charge is 0.205 e. The molecule has 4 heteroatoms. The van der Waals surface area contributed by atoms with E-state index in [1.165, 1.54) is 19.3 Å². The molecule has 1 fully saturated rings. The molecule has 0 aromatic rings. The Kier molecular flexibility index (Phi) is 2.34. The molecule has 0 saturated heterocycles. The Balaban J connectivity index is 2.39. The second kappa shape index (κ2) is 3.09. The number of hydrogen-bond acceptors (Lipinski definition) is 2. The Hall–Kier alpha value is -0.770. The molecule has 11 heavy (non-hydrogen) atoms. The number of nitrogens with two attached hydrogens (primary N) is 1. The van der Waals surface area contributed by atoms with E-state index < -0.39 is 0 Å². The van der Waals surface area contributed by atoms with Crippen molar-refractivity contribution in [2.75, 3.05) is 7.05 Å². The number of guanidine groups is 1. The van der Waals surface area contributed by atoms with Crippen molar-refractivity contribution in [3.63, 3.8) is 0 Å². The lowest BCUT2D eigenvalue weighted by Crippen LogP contribution is -2.56. The molecule has 0 radical (unpaired) electrons. The third kappa shape index (κ3) is 1.83. The SMILES string of the molecule is CN=C(NN)NC1(C)CCC1. The summed E-state index contributed by atoms with van der Waals surface area (Å²) in [6, 6.07) is 0. The van der Waals surface area contributed by atoms with Crippen LogP contribution in [0.1, 0.15) is 26.2 Å². The molecule has 1 saturated carbocycles. The molecule has 64 valence electrons. The van der Waals surface area contributed by atoms with Crippen LogP contribution in [0.4, 0.5) is 0 Å². The maximum absolute atomic E-state index is 5.23. The minimum atomic E-state index is 0.223. The maximum atomic E-state index is 5.23. The molecule has 0 amide bonds. The van der Waals surface area contributed by atoms with Crippen LogP contribution in [0.15, 0.2) is 4.99 Å². The number of hydrogen-bond donors (Lipinski definition) is 3. The highest BCUT2D eigenvalue weighted by molar-refractivity contribution is 5.79. The van der Waals surface area contributed by atoms with Crippen molar-refractivity contribution in [3.05, 3.63) is 0 Å². The van der Waals surface area contributed by atoms with E-state index in [0.29, 0.717) is 5.96 Å². The van der Waals surface area contributed by atoms with Gasteiger partial charge in [-0.2, -0.15) is 0 Å². The van der Waals surface area contributed by atoms with Gasteiger partial charge in [-0.15, -0.1) is 0 Å². The highest BCUT2D eigenvalue weighted by Crippen LogP contribution is 2.30. The molecule has 4 nitrogen and oxygen atoms in total. The van der Waals surface area contributed by atoms with Crippen LogP contribution in [0.5, 0.6) is 0 Å². The summed E-state index contributed by atoms with van der Waals surface area (Å²) in [7, 11) is 1.71. The van der Waals surface area contributed by atoms with Gasteiger partial charge in [0, 0.05) is 12.6 Å². The lowest BCUT2D eigenvalue weighted by atomic mass is 9.79. The highest BCUT2D eigenvalue weighted by atomic mass is 15.3. The molecular weight excluding hydrogens is 140 g/mol. The van der Waals surface area contributed by atoms with Gasteiger partial charge in [0.1, 0.15) is 0 Å². The zero-order valence-corrected chi connectivity index (χ0v) is 7.15. The van der Waals surface area contributed by atoms with Crippen LogP contribution in [0.2, 0.25) is 0 Å². The molecule has 0 aliphatic heterocycles.